The molecule has 142 valence electrons. The molecule has 3 rings (SSSR count). The Hall–Kier alpha value is -1.73. The Morgan fingerprint density at radius 3 is 2.81 bits per heavy atom. The van der Waals surface area contributed by atoms with Crippen molar-refractivity contribution in [2.45, 2.75) is 51.3 Å². The lowest BCUT2D eigenvalue weighted by molar-refractivity contribution is 0.0787. The van der Waals surface area contributed by atoms with Crippen molar-refractivity contribution in [3.8, 4) is 0 Å². The maximum absolute atomic E-state index is 14.2. The topological polar surface area (TPSA) is 30.3 Å². The molecule has 1 aromatic heterocycles. The molecule has 1 atom stereocenters. The molecule has 2 heterocycles. The van der Waals surface area contributed by atoms with Crippen LogP contribution < -0.4 is 4.90 Å². The first-order valence-electron chi connectivity index (χ1n) is 9.16. The third-order valence-corrected chi connectivity index (χ3v) is 6.41. The number of benzene rings is 1. The van der Waals surface area contributed by atoms with Gasteiger partial charge in [-0.3, -0.25) is 0 Å². The summed E-state index contributed by atoms with van der Waals surface area (Å²) in [5.74, 6) is 0.0111. The second-order valence-corrected chi connectivity index (χ2v) is 13.7. The average Bonchev–Trinajstić information content (AvgIpc) is 3.21. The lowest BCUT2D eigenvalue weighted by Gasteiger charge is -2.25. The van der Waals surface area contributed by atoms with Crippen LogP contribution in [-0.2, 0) is 11.5 Å². The minimum atomic E-state index is -1.10. The second kappa shape index (κ2) is 7.88. The van der Waals surface area contributed by atoms with Gasteiger partial charge in [0.15, 0.2) is 5.82 Å². The molecular weight excluding hydrogens is 352 g/mol. The number of ether oxygens (including phenoxy) is 1. The zero-order valence-corrected chi connectivity index (χ0v) is 16.7. The summed E-state index contributed by atoms with van der Waals surface area (Å²) in [5.41, 5.74) is 0.406. The second-order valence-electron chi connectivity index (χ2n) is 8.08. The van der Waals surface area contributed by atoms with Gasteiger partial charge < -0.3 is 9.64 Å². The van der Waals surface area contributed by atoms with E-state index in [2.05, 4.69) is 29.6 Å². The average molecular weight is 380 g/mol. The molecule has 0 spiro atoms. The van der Waals surface area contributed by atoms with Crippen molar-refractivity contribution in [1.82, 2.24) is 9.78 Å². The van der Waals surface area contributed by atoms with E-state index in [1.165, 1.54) is 12.1 Å². The van der Waals surface area contributed by atoms with Crippen molar-refractivity contribution < 1.29 is 13.5 Å². The highest BCUT2D eigenvalue weighted by molar-refractivity contribution is 6.76. The molecule has 0 radical (unpaired) electrons. The number of hydrogen-bond donors (Lipinski definition) is 0. The summed E-state index contributed by atoms with van der Waals surface area (Å²) in [6.45, 7) is 8.90. The van der Waals surface area contributed by atoms with Crippen LogP contribution in [0.4, 0.5) is 14.6 Å². The fourth-order valence-corrected chi connectivity index (χ4v) is 4.00. The summed E-state index contributed by atoms with van der Waals surface area (Å²) in [7, 11) is -1.10. The summed E-state index contributed by atoms with van der Waals surface area (Å²) in [5, 5.41) is 4.57. The molecular formula is C19H27F2N3OSi. The highest BCUT2D eigenvalue weighted by Gasteiger charge is 2.30. The summed E-state index contributed by atoms with van der Waals surface area (Å²) < 4.78 is 35.2. The van der Waals surface area contributed by atoms with Crippen LogP contribution >= 0.6 is 0 Å². The smallest absolute Gasteiger partial charge is 0.151 e. The molecule has 0 aliphatic carbocycles. The Kier molecular flexibility index (Phi) is 5.77. The highest BCUT2D eigenvalue weighted by Crippen LogP contribution is 2.36. The quantitative estimate of drug-likeness (QED) is 0.511. The number of nitrogens with zero attached hydrogens (tertiary/aromatic N) is 3. The molecule has 1 aliphatic rings. The summed E-state index contributed by atoms with van der Waals surface area (Å²) >= 11 is 0. The third-order valence-electron chi connectivity index (χ3n) is 4.71. The summed E-state index contributed by atoms with van der Waals surface area (Å²) in [6.07, 6.45) is 3.60. The van der Waals surface area contributed by atoms with Gasteiger partial charge in [-0.1, -0.05) is 19.6 Å². The number of hydrogen-bond acceptors (Lipinski definition) is 3. The van der Waals surface area contributed by atoms with Crippen LogP contribution in [0, 0.1) is 11.6 Å². The lowest BCUT2D eigenvalue weighted by atomic mass is 10.0. The summed E-state index contributed by atoms with van der Waals surface area (Å²) in [4.78, 5) is 2.05. The minimum Gasteiger partial charge on any atom is -0.360 e. The normalized spacial score (nSPS) is 17.9. The predicted octanol–water partition coefficient (Wildman–Crippen LogP) is 4.82. The Morgan fingerprint density at radius 2 is 2.04 bits per heavy atom. The van der Waals surface area contributed by atoms with Gasteiger partial charge in [-0.15, -0.1) is 0 Å². The first-order valence-corrected chi connectivity index (χ1v) is 12.9. The van der Waals surface area contributed by atoms with Crippen molar-refractivity contribution in [3.63, 3.8) is 0 Å². The Labute approximate surface area is 154 Å². The van der Waals surface area contributed by atoms with E-state index in [0.29, 0.717) is 12.3 Å². The van der Waals surface area contributed by atoms with Crippen LogP contribution in [0.3, 0.4) is 0 Å². The minimum absolute atomic E-state index is 0.179. The Balaban J connectivity index is 1.65. The van der Waals surface area contributed by atoms with E-state index in [1.54, 1.807) is 4.68 Å². The van der Waals surface area contributed by atoms with E-state index in [-0.39, 0.29) is 11.9 Å². The van der Waals surface area contributed by atoms with E-state index in [4.69, 9.17) is 4.74 Å². The molecule has 0 bridgehead atoms. The van der Waals surface area contributed by atoms with Crippen LogP contribution in [0.25, 0.3) is 0 Å². The van der Waals surface area contributed by atoms with E-state index < -0.39 is 13.9 Å². The number of anilines is 1. The van der Waals surface area contributed by atoms with Crippen molar-refractivity contribution >= 4 is 13.9 Å². The molecule has 1 unspecified atom stereocenters. The molecule has 26 heavy (non-hydrogen) atoms. The fourth-order valence-electron chi connectivity index (χ4n) is 3.25. The number of aromatic nitrogens is 2. The molecule has 7 heteroatoms. The largest absolute Gasteiger partial charge is 0.360 e. The molecule has 2 aromatic rings. The molecule has 1 aromatic carbocycles. The maximum atomic E-state index is 14.2. The maximum Gasteiger partial charge on any atom is 0.151 e. The van der Waals surface area contributed by atoms with Crippen molar-refractivity contribution in [1.29, 1.82) is 0 Å². The van der Waals surface area contributed by atoms with E-state index in [1.807, 2.05) is 12.3 Å². The standard InChI is InChI=1S/C19H27F2N3OSi/c1-26(2,3)12-11-25-14-23-10-8-19(22-23)24-9-4-5-18(24)16-13-15(20)6-7-17(16)21/h6-8,10,13,18H,4-5,9,11-12,14H2,1-3H3. The highest BCUT2D eigenvalue weighted by atomic mass is 28.3. The molecule has 0 amide bonds. The van der Waals surface area contributed by atoms with E-state index >= 15 is 0 Å². The van der Waals surface area contributed by atoms with Crippen molar-refractivity contribution in [2.75, 3.05) is 18.1 Å². The molecule has 0 saturated carbocycles. The van der Waals surface area contributed by atoms with Crippen LogP contribution in [0.15, 0.2) is 30.5 Å². The third kappa shape index (κ3) is 4.70. The first-order chi connectivity index (χ1) is 12.3. The SMILES string of the molecule is C[Si](C)(C)CCOCn1ccc(N2CCCC2c2cc(F)ccc2F)n1. The van der Waals surface area contributed by atoms with Gasteiger partial charge >= 0.3 is 0 Å². The molecule has 1 aliphatic heterocycles. The molecule has 1 saturated heterocycles. The van der Waals surface area contributed by atoms with Crippen molar-refractivity contribution in [2.24, 2.45) is 0 Å². The first kappa shape index (κ1) is 19.0. The Morgan fingerprint density at radius 1 is 1.23 bits per heavy atom. The van der Waals surface area contributed by atoms with Gasteiger partial charge in [0.05, 0.1) is 6.04 Å². The number of halogens is 2. The van der Waals surface area contributed by atoms with Crippen LogP contribution in [0.2, 0.25) is 25.7 Å². The van der Waals surface area contributed by atoms with Crippen LogP contribution in [0.5, 0.6) is 0 Å². The van der Waals surface area contributed by atoms with Crippen LogP contribution in [0.1, 0.15) is 24.4 Å². The van der Waals surface area contributed by atoms with Gasteiger partial charge in [-0.25, -0.2) is 13.5 Å². The van der Waals surface area contributed by atoms with Gasteiger partial charge in [0.25, 0.3) is 0 Å². The zero-order chi connectivity index (χ0) is 18.7. The molecule has 1 fully saturated rings. The van der Waals surface area contributed by atoms with Crippen molar-refractivity contribution in [3.05, 3.63) is 47.7 Å². The Bertz CT molecular complexity index is 745. The fraction of sp³-hybridized carbons (Fsp3) is 0.526. The lowest BCUT2D eigenvalue weighted by Crippen LogP contribution is -2.24. The van der Waals surface area contributed by atoms with E-state index in [0.717, 1.165) is 43.9 Å². The molecule has 4 nitrogen and oxygen atoms in total. The number of rotatable bonds is 7. The predicted molar refractivity (Wildman–Crippen MR) is 102 cm³/mol. The van der Waals surface area contributed by atoms with Gasteiger partial charge in [0.2, 0.25) is 0 Å². The van der Waals surface area contributed by atoms with Gasteiger partial charge in [0.1, 0.15) is 18.4 Å². The van der Waals surface area contributed by atoms with E-state index in [9.17, 15) is 8.78 Å². The zero-order valence-electron chi connectivity index (χ0n) is 15.7. The van der Waals surface area contributed by atoms with Crippen LogP contribution in [-0.4, -0.2) is 31.0 Å². The van der Waals surface area contributed by atoms with Gasteiger partial charge in [0, 0.05) is 39.1 Å². The summed E-state index contributed by atoms with van der Waals surface area (Å²) in [6, 6.07) is 6.51. The molecule has 0 N–H and O–H groups in total. The monoisotopic (exact) mass is 379 g/mol. The van der Waals surface area contributed by atoms with Gasteiger partial charge in [-0.2, -0.15) is 5.10 Å². The van der Waals surface area contributed by atoms with Gasteiger partial charge in [-0.05, 0) is 37.1 Å².